The number of carbonyl (C=O) groups excluding carboxylic acids is 1. The Hall–Kier alpha value is -2.64. The van der Waals surface area contributed by atoms with Gasteiger partial charge in [-0.2, -0.15) is 0 Å². The van der Waals surface area contributed by atoms with Crippen molar-refractivity contribution in [2.24, 2.45) is 0 Å². The van der Waals surface area contributed by atoms with Gasteiger partial charge in [0.15, 0.2) is 0 Å². The van der Waals surface area contributed by atoms with Crippen molar-refractivity contribution in [3.8, 4) is 11.3 Å². The molecule has 0 aliphatic heterocycles. The number of amides is 1. The maximum atomic E-state index is 12.6. The zero-order valence-electron chi connectivity index (χ0n) is 23.1. The highest BCUT2D eigenvalue weighted by Gasteiger charge is 2.24. The fourth-order valence-corrected chi connectivity index (χ4v) is 4.51. The van der Waals surface area contributed by atoms with Crippen LogP contribution in [0.15, 0.2) is 55.8 Å². The molecule has 198 valence electrons. The highest BCUT2D eigenvalue weighted by atomic mass is 28.3. The molecule has 2 rings (SSSR count). The first-order chi connectivity index (χ1) is 16.9. The summed E-state index contributed by atoms with van der Waals surface area (Å²) in [6.07, 6.45) is 8.77. The molecule has 0 spiro atoms. The van der Waals surface area contributed by atoms with Crippen LogP contribution in [0.3, 0.4) is 0 Å². The number of hydrogen-bond acceptors (Lipinski definition) is 4. The molecule has 0 radical (unpaired) electrons. The van der Waals surface area contributed by atoms with Gasteiger partial charge in [0.25, 0.3) is 0 Å². The number of rotatable bonds is 14. The van der Waals surface area contributed by atoms with E-state index in [0.717, 1.165) is 42.4 Å². The third-order valence-corrected chi connectivity index (χ3v) is 7.29. The number of alkyl carbamates (subject to hydrolysis) is 1. The van der Waals surface area contributed by atoms with Crippen LogP contribution >= 0.6 is 0 Å². The van der Waals surface area contributed by atoms with Crippen LogP contribution < -0.4 is 5.32 Å². The second-order valence-corrected chi connectivity index (χ2v) is 17.0. The molecule has 1 N–H and O–H groups in total. The molecular formula is C29H45N3O3Si. The minimum absolute atomic E-state index is 0.370. The molecule has 36 heavy (non-hydrogen) atoms. The van der Waals surface area contributed by atoms with E-state index in [2.05, 4.69) is 56.3 Å². The summed E-state index contributed by atoms with van der Waals surface area (Å²) in [6.45, 7) is 21.4. The minimum atomic E-state index is -1.20. The molecule has 0 fully saturated rings. The number of benzene rings is 1. The average Bonchev–Trinajstić information content (AvgIpc) is 3.19. The Balaban J connectivity index is 2.39. The summed E-state index contributed by atoms with van der Waals surface area (Å²) in [5, 5.41) is 2.99. The number of allylic oxidation sites excluding steroid dienone is 1. The van der Waals surface area contributed by atoms with E-state index in [9.17, 15) is 4.79 Å². The van der Waals surface area contributed by atoms with E-state index in [1.807, 2.05) is 43.7 Å². The zero-order valence-corrected chi connectivity index (χ0v) is 24.1. The van der Waals surface area contributed by atoms with Crippen LogP contribution in [0.2, 0.25) is 25.7 Å². The van der Waals surface area contributed by atoms with Crippen LogP contribution in [0.5, 0.6) is 0 Å². The summed E-state index contributed by atoms with van der Waals surface area (Å²) >= 11 is 0. The summed E-state index contributed by atoms with van der Waals surface area (Å²) in [5.74, 6) is 0.727. The topological polar surface area (TPSA) is 65.4 Å². The summed E-state index contributed by atoms with van der Waals surface area (Å²) < 4.78 is 13.6. The summed E-state index contributed by atoms with van der Waals surface area (Å²) in [6, 6.07) is 9.06. The van der Waals surface area contributed by atoms with Gasteiger partial charge in [-0.1, -0.05) is 56.1 Å². The van der Waals surface area contributed by atoms with E-state index in [0.29, 0.717) is 19.8 Å². The molecular weight excluding hydrogens is 466 g/mol. The summed E-state index contributed by atoms with van der Waals surface area (Å²) in [7, 11) is -1.20. The fourth-order valence-electron chi connectivity index (χ4n) is 3.75. The molecule has 0 saturated carbocycles. The van der Waals surface area contributed by atoms with Gasteiger partial charge in [-0.3, -0.25) is 0 Å². The van der Waals surface area contributed by atoms with E-state index < -0.39 is 19.8 Å². The van der Waals surface area contributed by atoms with E-state index in [-0.39, 0.29) is 6.04 Å². The molecule has 0 aliphatic rings. The molecule has 2 aromatic rings. The van der Waals surface area contributed by atoms with Gasteiger partial charge >= 0.3 is 6.09 Å². The number of hydrogen-bond donors (Lipinski definition) is 1. The second kappa shape index (κ2) is 13.6. The number of aryl methyl sites for hydroxylation is 1. The molecule has 0 aliphatic carbocycles. The van der Waals surface area contributed by atoms with Crippen molar-refractivity contribution in [3.63, 3.8) is 0 Å². The standard InChI is InChI=1S/C29H45N3O3Si/c1-9-11-12-16-23-17-13-14-18-24(23)26-21-32(22-34-19-20-36(6,7)8)27(30-26)25(15-10-2)31-28(33)35-29(3,4)5/h9-10,13-14,17-18,21,25H,1-2,11-12,15-16,19-20,22H2,3-8H3,(H,31,33). The molecule has 0 saturated heterocycles. The van der Waals surface area contributed by atoms with Crippen molar-refractivity contribution in [1.82, 2.24) is 14.9 Å². The molecule has 7 heteroatoms. The first-order valence-corrected chi connectivity index (χ1v) is 16.6. The molecule has 6 nitrogen and oxygen atoms in total. The number of aromatic nitrogens is 2. The molecule has 1 atom stereocenters. The summed E-state index contributed by atoms with van der Waals surface area (Å²) in [5.41, 5.74) is 2.62. The van der Waals surface area contributed by atoms with E-state index >= 15 is 0 Å². The predicted molar refractivity (Wildman–Crippen MR) is 152 cm³/mol. The Morgan fingerprint density at radius 2 is 1.92 bits per heavy atom. The lowest BCUT2D eigenvalue weighted by atomic mass is 10.00. The Bertz CT molecular complexity index is 1000. The van der Waals surface area contributed by atoms with Gasteiger partial charge in [-0.05, 0) is 58.1 Å². The van der Waals surface area contributed by atoms with E-state index in [1.165, 1.54) is 5.56 Å². The molecule has 1 unspecified atom stereocenters. The minimum Gasteiger partial charge on any atom is -0.444 e. The van der Waals surface area contributed by atoms with Crippen LogP contribution in [0, 0.1) is 0 Å². The van der Waals surface area contributed by atoms with Crippen LogP contribution in [0.4, 0.5) is 4.79 Å². The van der Waals surface area contributed by atoms with Crippen molar-refractivity contribution >= 4 is 14.2 Å². The maximum Gasteiger partial charge on any atom is 0.408 e. The Kier molecular flexibility index (Phi) is 11.2. The Morgan fingerprint density at radius 1 is 1.19 bits per heavy atom. The quantitative estimate of drug-likeness (QED) is 0.162. The van der Waals surface area contributed by atoms with Crippen LogP contribution in [0.1, 0.15) is 57.5 Å². The fraction of sp³-hybridized carbons (Fsp3) is 0.517. The van der Waals surface area contributed by atoms with E-state index in [4.69, 9.17) is 14.5 Å². The number of unbranched alkanes of at least 4 members (excludes halogenated alkanes) is 1. The van der Waals surface area contributed by atoms with Gasteiger partial charge in [0.2, 0.25) is 0 Å². The van der Waals surface area contributed by atoms with Gasteiger partial charge in [0.1, 0.15) is 18.2 Å². The van der Waals surface area contributed by atoms with Crippen molar-refractivity contribution < 1.29 is 14.3 Å². The van der Waals surface area contributed by atoms with Gasteiger partial charge in [-0.25, -0.2) is 9.78 Å². The Morgan fingerprint density at radius 3 is 2.56 bits per heavy atom. The van der Waals surface area contributed by atoms with Crippen molar-refractivity contribution in [1.29, 1.82) is 0 Å². The third-order valence-electron chi connectivity index (χ3n) is 5.59. The van der Waals surface area contributed by atoms with Crippen LogP contribution in [-0.2, 0) is 22.6 Å². The zero-order chi connectivity index (χ0) is 26.8. The smallest absolute Gasteiger partial charge is 0.408 e. The van der Waals surface area contributed by atoms with Crippen molar-refractivity contribution in [2.75, 3.05) is 6.61 Å². The first-order valence-electron chi connectivity index (χ1n) is 12.9. The number of ether oxygens (including phenoxy) is 2. The molecule has 1 aromatic carbocycles. The van der Waals surface area contributed by atoms with Crippen molar-refractivity contribution in [3.05, 3.63) is 67.2 Å². The van der Waals surface area contributed by atoms with Gasteiger partial charge in [0.05, 0.1) is 11.7 Å². The highest BCUT2D eigenvalue weighted by molar-refractivity contribution is 6.76. The number of carbonyl (C=O) groups is 1. The molecule has 1 aromatic heterocycles. The van der Waals surface area contributed by atoms with E-state index in [1.54, 1.807) is 6.08 Å². The lowest BCUT2D eigenvalue weighted by Gasteiger charge is -2.23. The van der Waals surface area contributed by atoms with Gasteiger partial charge in [-0.15, -0.1) is 13.2 Å². The normalized spacial score (nSPS) is 12.7. The third kappa shape index (κ3) is 10.2. The molecule has 1 amide bonds. The highest BCUT2D eigenvalue weighted by Crippen LogP contribution is 2.28. The predicted octanol–water partition coefficient (Wildman–Crippen LogP) is 7.51. The van der Waals surface area contributed by atoms with Crippen LogP contribution in [0.25, 0.3) is 11.3 Å². The lowest BCUT2D eigenvalue weighted by Crippen LogP contribution is -2.36. The van der Waals surface area contributed by atoms with Crippen LogP contribution in [-0.4, -0.2) is 35.9 Å². The number of nitrogens with zero attached hydrogens (tertiary/aromatic N) is 2. The van der Waals surface area contributed by atoms with Crippen molar-refractivity contribution in [2.45, 2.75) is 90.5 Å². The lowest BCUT2D eigenvalue weighted by molar-refractivity contribution is 0.0492. The monoisotopic (exact) mass is 511 g/mol. The number of nitrogens with one attached hydrogen (secondary N) is 1. The summed E-state index contributed by atoms with van der Waals surface area (Å²) in [4.78, 5) is 17.7. The molecule has 0 bridgehead atoms. The maximum absolute atomic E-state index is 12.6. The average molecular weight is 512 g/mol. The number of imidazole rings is 1. The largest absolute Gasteiger partial charge is 0.444 e. The van der Waals surface area contributed by atoms with Gasteiger partial charge in [0, 0.05) is 26.4 Å². The second-order valence-electron chi connectivity index (χ2n) is 11.4. The Labute approximate surface area is 218 Å². The first kappa shape index (κ1) is 29.6. The SMILES string of the molecule is C=CCCCc1ccccc1-c1cn(COCC[Si](C)(C)C)c(C(CC=C)NC(=O)OC(C)(C)C)n1. The van der Waals surface area contributed by atoms with Gasteiger partial charge < -0.3 is 19.4 Å². The molecule has 1 heterocycles.